The Hall–Kier alpha value is -4.07. The van der Waals surface area contributed by atoms with Crippen molar-refractivity contribution in [3.8, 4) is 0 Å². The number of rotatable bonds is 6. The molecule has 146 valence electrons. The van der Waals surface area contributed by atoms with Crippen LogP contribution in [-0.2, 0) is 9.53 Å². The molecule has 0 saturated carbocycles. The molecule has 3 aromatic rings. The van der Waals surface area contributed by atoms with Crippen molar-refractivity contribution >= 4 is 23.3 Å². The van der Waals surface area contributed by atoms with Gasteiger partial charge in [0.2, 0.25) is 6.10 Å². The Morgan fingerprint density at radius 1 is 0.931 bits per heavy atom. The first-order chi connectivity index (χ1) is 13.9. The molecule has 8 heteroatoms. The number of hydrogen-bond donors (Lipinski definition) is 1. The normalized spacial score (nSPS) is 11.3. The first-order valence-electron chi connectivity index (χ1n) is 8.51. The van der Waals surface area contributed by atoms with Crippen LogP contribution >= 0.6 is 0 Å². The van der Waals surface area contributed by atoms with Crippen LogP contribution in [0.15, 0.2) is 78.9 Å². The maximum absolute atomic E-state index is 13.1. The topological polar surface area (TPSA) is 98.5 Å². The molecule has 7 nitrogen and oxygen atoms in total. The molecule has 0 aliphatic carbocycles. The van der Waals surface area contributed by atoms with Crippen LogP contribution in [-0.4, -0.2) is 16.8 Å². The van der Waals surface area contributed by atoms with Crippen molar-refractivity contribution in [1.29, 1.82) is 0 Å². The highest BCUT2D eigenvalue weighted by atomic mass is 19.1. The molecule has 0 spiro atoms. The highest BCUT2D eigenvalue weighted by Gasteiger charge is 2.26. The number of carbonyl (C=O) groups excluding carboxylic acids is 2. The summed E-state index contributed by atoms with van der Waals surface area (Å²) in [5.74, 6) is -1.90. The van der Waals surface area contributed by atoms with Crippen LogP contribution < -0.4 is 5.32 Å². The van der Waals surface area contributed by atoms with E-state index in [4.69, 9.17) is 4.74 Å². The average molecular weight is 394 g/mol. The number of anilines is 1. The SMILES string of the molecule is O=C(O[C@@H](C(=O)Nc1ccc(F)cc1)c1ccccc1)c1ccc([N+](=O)[O-])cc1. The second-order valence-electron chi connectivity index (χ2n) is 6.00. The number of amides is 1. The largest absolute Gasteiger partial charge is 0.444 e. The van der Waals surface area contributed by atoms with E-state index in [-0.39, 0.29) is 11.3 Å². The van der Waals surface area contributed by atoms with E-state index in [9.17, 15) is 24.1 Å². The fourth-order valence-electron chi connectivity index (χ4n) is 2.54. The molecule has 3 aromatic carbocycles. The Morgan fingerprint density at radius 2 is 1.55 bits per heavy atom. The number of benzene rings is 3. The highest BCUT2D eigenvalue weighted by Crippen LogP contribution is 2.22. The Bertz CT molecular complexity index is 1020. The quantitative estimate of drug-likeness (QED) is 0.382. The molecule has 0 bridgehead atoms. The molecular formula is C21H15FN2O5. The van der Waals surface area contributed by atoms with Crippen LogP contribution in [0.2, 0.25) is 0 Å². The molecule has 3 rings (SSSR count). The zero-order valence-corrected chi connectivity index (χ0v) is 14.9. The number of esters is 1. The van der Waals surface area contributed by atoms with Crippen molar-refractivity contribution in [2.24, 2.45) is 0 Å². The second kappa shape index (κ2) is 8.75. The van der Waals surface area contributed by atoms with E-state index in [1.54, 1.807) is 30.3 Å². The monoisotopic (exact) mass is 394 g/mol. The fourth-order valence-corrected chi connectivity index (χ4v) is 2.54. The van der Waals surface area contributed by atoms with Gasteiger partial charge in [-0.2, -0.15) is 0 Å². The van der Waals surface area contributed by atoms with Gasteiger partial charge in [-0.05, 0) is 36.4 Å². The number of hydrogen-bond acceptors (Lipinski definition) is 5. The van der Waals surface area contributed by atoms with Gasteiger partial charge in [0.1, 0.15) is 5.82 Å². The van der Waals surface area contributed by atoms with Gasteiger partial charge in [0, 0.05) is 23.4 Å². The van der Waals surface area contributed by atoms with E-state index in [1.807, 2.05) is 0 Å². The van der Waals surface area contributed by atoms with Gasteiger partial charge in [0.25, 0.3) is 11.6 Å². The van der Waals surface area contributed by atoms with E-state index in [0.29, 0.717) is 11.3 Å². The minimum absolute atomic E-state index is 0.0612. The lowest BCUT2D eigenvalue weighted by Crippen LogP contribution is -2.26. The molecule has 0 aliphatic rings. The van der Waals surface area contributed by atoms with Crippen LogP contribution in [0, 0.1) is 15.9 Å². The first-order valence-corrected chi connectivity index (χ1v) is 8.51. The summed E-state index contributed by atoms with van der Waals surface area (Å²) in [6.45, 7) is 0. The van der Waals surface area contributed by atoms with Crippen LogP contribution in [0.5, 0.6) is 0 Å². The molecule has 29 heavy (non-hydrogen) atoms. The van der Waals surface area contributed by atoms with Crippen molar-refractivity contribution in [3.63, 3.8) is 0 Å². The molecule has 0 heterocycles. The third kappa shape index (κ3) is 5.01. The fraction of sp³-hybridized carbons (Fsp3) is 0.0476. The van der Waals surface area contributed by atoms with E-state index in [1.165, 1.54) is 48.5 Å². The maximum Gasteiger partial charge on any atom is 0.339 e. The van der Waals surface area contributed by atoms with Gasteiger partial charge in [-0.15, -0.1) is 0 Å². The Balaban J connectivity index is 1.81. The lowest BCUT2D eigenvalue weighted by molar-refractivity contribution is -0.384. The summed E-state index contributed by atoms with van der Waals surface area (Å²) in [4.78, 5) is 35.4. The van der Waals surface area contributed by atoms with Gasteiger partial charge < -0.3 is 10.1 Å². The van der Waals surface area contributed by atoms with E-state index in [0.717, 1.165) is 0 Å². The number of halogens is 1. The standard InChI is InChI=1S/C21H15FN2O5/c22-16-8-10-17(11-9-16)23-20(25)19(14-4-2-1-3-5-14)29-21(26)15-6-12-18(13-7-15)24(27)28/h1-13,19H,(H,23,25)/t19-/m1/s1. The van der Waals surface area contributed by atoms with Crippen molar-refractivity contribution in [3.05, 3.63) is 106 Å². The predicted octanol–water partition coefficient (Wildman–Crippen LogP) is 4.27. The Labute approximate surface area is 164 Å². The number of nitro benzene ring substituents is 1. The van der Waals surface area contributed by atoms with Gasteiger partial charge >= 0.3 is 5.97 Å². The molecular weight excluding hydrogens is 379 g/mol. The van der Waals surface area contributed by atoms with Crippen molar-refractivity contribution in [2.45, 2.75) is 6.10 Å². The number of carbonyl (C=O) groups is 2. The smallest absolute Gasteiger partial charge is 0.339 e. The number of nitrogens with zero attached hydrogens (tertiary/aromatic N) is 1. The van der Waals surface area contributed by atoms with Gasteiger partial charge in [-0.25, -0.2) is 9.18 Å². The molecule has 0 saturated heterocycles. The number of non-ortho nitro benzene ring substituents is 1. The van der Waals surface area contributed by atoms with Gasteiger partial charge in [0.15, 0.2) is 0 Å². The maximum atomic E-state index is 13.1. The van der Waals surface area contributed by atoms with Crippen LogP contribution in [0.1, 0.15) is 22.0 Å². The van der Waals surface area contributed by atoms with Crippen molar-refractivity contribution in [2.75, 3.05) is 5.32 Å². The Morgan fingerprint density at radius 3 is 2.14 bits per heavy atom. The summed E-state index contributed by atoms with van der Waals surface area (Å²) in [5.41, 5.74) is 0.660. The van der Waals surface area contributed by atoms with Crippen LogP contribution in [0.25, 0.3) is 0 Å². The Kier molecular flexibility index (Phi) is 5.94. The summed E-state index contributed by atoms with van der Waals surface area (Å²) in [5, 5.41) is 13.3. The lowest BCUT2D eigenvalue weighted by atomic mass is 10.1. The van der Waals surface area contributed by atoms with E-state index in [2.05, 4.69) is 5.32 Å². The molecule has 0 radical (unpaired) electrons. The molecule has 0 unspecified atom stereocenters. The molecule has 1 amide bonds. The zero-order valence-electron chi connectivity index (χ0n) is 14.9. The predicted molar refractivity (Wildman–Crippen MR) is 103 cm³/mol. The minimum atomic E-state index is -1.27. The van der Waals surface area contributed by atoms with E-state index < -0.39 is 28.7 Å². The first kappa shape index (κ1) is 19.7. The van der Waals surface area contributed by atoms with Gasteiger partial charge in [0.05, 0.1) is 10.5 Å². The highest BCUT2D eigenvalue weighted by molar-refractivity contribution is 5.98. The van der Waals surface area contributed by atoms with E-state index >= 15 is 0 Å². The van der Waals surface area contributed by atoms with Crippen molar-refractivity contribution < 1.29 is 23.6 Å². The summed E-state index contributed by atoms with van der Waals surface area (Å²) in [7, 11) is 0. The van der Waals surface area contributed by atoms with Gasteiger partial charge in [-0.3, -0.25) is 14.9 Å². The molecule has 0 aliphatic heterocycles. The lowest BCUT2D eigenvalue weighted by Gasteiger charge is -2.18. The second-order valence-corrected chi connectivity index (χ2v) is 6.00. The summed E-state index contributed by atoms with van der Waals surface area (Å²) >= 11 is 0. The summed E-state index contributed by atoms with van der Waals surface area (Å²) in [6.07, 6.45) is -1.27. The number of nitrogens with one attached hydrogen (secondary N) is 1. The third-order valence-electron chi connectivity index (χ3n) is 3.99. The molecule has 0 fully saturated rings. The molecule has 1 N–H and O–H groups in total. The number of nitro groups is 1. The summed E-state index contributed by atoms with van der Waals surface area (Å²) < 4.78 is 18.4. The average Bonchev–Trinajstić information content (AvgIpc) is 2.74. The minimum Gasteiger partial charge on any atom is -0.444 e. The summed E-state index contributed by atoms with van der Waals surface area (Å²) in [6, 6.07) is 18.4. The number of ether oxygens (including phenoxy) is 1. The van der Waals surface area contributed by atoms with Crippen molar-refractivity contribution in [1.82, 2.24) is 0 Å². The van der Waals surface area contributed by atoms with Crippen LogP contribution in [0.3, 0.4) is 0 Å². The zero-order chi connectivity index (χ0) is 20.8. The van der Waals surface area contributed by atoms with Gasteiger partial charge in [-0.1, -0.05) is 30.3 Å². The molecule has 1 atom stereocenters. The third-order valence-corrected chi connectivity index (χ3v) is 3.99. The van der Waals surface area contributed by atoms with Crippen LogP contribution in [0.4, 0.5) is 15.8 Å². The molecule has 0 aromatic heterocycles.